The Morgan fingerprint density at radius 3 is 2.87 bits per heavy atom. The van der Waals surface area contributed by atoms with Crippen LogP contribution in [0.15, 0.2) is 60.1 Å². The molecule has 1 amide bonds. The van der Waals surface area contributed by atoms with Gasteiger partial charge in [-0.1, -0.05) is 36.4 Å². The van der Waals surface area contributed by atoms with E-state index in [4.69, 9.17) is 4.74 Å². The van der Waals surface area contributed by atoms with Gasteiger partial charge in [-0.3, -0.25) is 14.7 Å². The Hall–Kier alpha value is -2.61. The standard InChI is InChI=1S/C23H26N4O2S/c28-22(12-20-17-30-23(26-20)13-19-8-4-5-9-24-19)25-14-21-16-27(10-11-29-21)15-18-6-2-1-3-7-18/h1-9,17,21H,10-16H2,(H,25,28)/t21-/m1/s1. The molecule has 0 saturated carbocycles. The summed E-state index contributed by atoms with van der Waals surface area (Å²) in [6.07, 6.45) is 2.78. The molecule has 1 aliphatic rings. The van der Waals surface area contributed by atoms with Gasteiger partial charge in [0.2, 0.25) is 5.91 Å². The zero-order valence-corrected chi connectivity index (χ0v) is 17.7. The quantitative estimate of drug-likeness (QED) is 0.605. The van der Waals surface area contributed by atoms with Crippen LogP contribution in [0.2, 0.25) is 0 Å². The molecule has 1 aromatic carbocycles. The highest BCUT2D eigenvalue weighted by atomic mass is 32.1. The molecule has 156 valence electrons. The third-order valence-electron chi connectivity index (χ3n) is 5.00. The van der Waals surface area contributed by atoms with Crippen LogP contribution in [-0.4, -0.2) is 53.1 Å². The molecule has 3 heterocycles. The van der Waals surface area contributed by atoms with Crippen molar-refractivity contribution in [2.75, 3.05) is 26.2 Å². The largest absolute Gasteiger partial charge is 0.374 e. The van der Waals surface area contributed by atoms with Crippen LogP contribution in [0.25, 0.3) is 0 Å². The number of aromatic nitrogens is 2. The predicted molar refractivity (Wildman–Crippen MR) is 117 cm³/mol. The van der Waals surface area contributed by atoms with Gasteiger partial charge < -0.3 is 10.1 Å². The second-order valence-electron chi connectivity index (χ2n) is 7.42. The number of morpholine rings is 1. The second-order valence-corrected chi connectivity index (χ2v) is 8.37. The maximum Gasteiger partial charge on any atom is 0.226 e. The number of pyridine rings is 1. The van der Waals surface area contributed by atoms with Gasteiger partial charge in [0.1, 0.15) is 0 Å². The van der Waals surface area contributed by atoms with E-state index in [-0.39, 0.29) is 12.0 Å². The summed E-state index contributed by atoms with van der Waals surface area (Å²) in [7, 11) is 0. The monoisotopic (exact) mass is 422 g/mol. The van der Waals surface area contributed by atoms with Crippen molar-refractivity contribution in [1.29, 1.82) is 0 Å². The fourth-order valence-electron chi connectivity index (χ4n) is 3.51. The summed E-state index contributed by atoms with van der Waals surface area (Å²) >= 11 is 1.57. The zero-order valence-electron chi connectivity index (χ0n) is 16.9. The molecule has 1 fully saturated rings. The molecule has 0 aliphatic carbocycles. The average Bonchev–Trinajstić information content (AvgIpc) is 3.20. The Kier molecular flexibility index (Phi) is 7.18. The highest BCUT2D eigenvalue weighted by Gasteiger charge is 2.21. The lowest BCUT2D eigenvalue weighted by atomic mass is 10.2. The highest BCUT2D eigenvalue weighted by Crippen LogP contribution is 2.14. The molecule has 0 spiro atoms. The van der Waals surface area contributed by atoms with Crippen molar-refractivity contribution in [3.05, 3.63) is 82.1 Å². The van der Waals surface area contributed by atoms with E-state index in [1.54, 1.807) is 17.5 Å². The lowest BCUT2D eigenvalue weighted by Crippen LogP contribution is -2.47. The lowest BCUT2D eigenvalue weighted by molar-refractivity contribution is -0.121. The Bertz CT molecular complexity index is 933. The van der Waals surface area contributed by atoms with Crippen molar-refractivity contribution >= 4 is 17.2 Å². The lowest BCUT2D eigenvalue weighted by Gasteiger charge is -2.33. The Morgan fingerprint density at radius 1 is 1.17 bits per heavy atom. The number of hydrogen-bond donors (Lipinski definition) is 1. The summed E-state index contributed by atoms with van der Waals surface area (Å²) < 4.78 is 5.84. The van der Waals surface area contributed by atoms with Gasteiger partial charge in [0.15, 0.2) is 0 Å². The molecule has 0 radical (unpaired) electrons. The SMILES string of the molecule is O=C(Cc1csc(Cc2ccccn2)n1)NC[C@@H]1CN(Cc2ccccc2)CCO1. The number of carbonyl (C=O) groups excluding carboxylic acids is 1. The molecule has 0 unspecified atom stereocenters. The third-order valence-corrected chi connectivity index (χ3v) is 5.90. The maximum atomic E-state index is 12.4. The normalized spacial score (nSPS) is 17.0. The first-order chi connectivity index (χ1) is 14.7. The van der Waals surface area contributed by atoms with Gasteiger partial charge in [-0.05, 0) is 17.7 Å². The molecule has 6 nitrogen and oxygen atoms in total. The maximum absolute atomic E-state index is 12.4. The van der Waals surface area contributed by atoms with Crippen molar-refractivity contribution in [2.24, 2.45) is 0 Å². The van der Waals surface area contributed by atoms with Crippen molar-refractivity contribution in [2.45, 2.75) is 25.5 Å². The van der Waals surface area contributed by atoms with Gasteiger partial charge in [-0.25, -0.2) is 4.98 Å². The molecule has 30 heavy (non-hydrogen) atoms. The van der Waals surface area contributed by atoms with E-state index in [1.165, 1.54) is 5.56 Å². The summed E-state index contributed by atoms with van der Waals surface area (Å²) in [6.45, 7) is 3.86. The van der Waals surface area contributed by atoms with Gasteiger partial charge in [0.25, 0.3) is 0 Å². The molecule has 1 atom stereocenters. The minimum atomic E-state index is -0.0199. The van der Waals surface area contributed by atoms with Crippen LogP contribution < -0.4 is 5.32 Å². The van der Waals surface area contributed by atoms with E-state index >= 15 is 0 Å². The number of rotatable bonds is 8. The highest BCUT2D eigenvalue weighted by molar-refractivity contribution is 7.09. The molecular formula is C23H26N4O2S. The van der Waals surface area contributed by atoms with Crippen LogP contribution in [0.1, 0.15) is 22.0 Å². The molecule has 0 bridgehead atoms. The van der Waals surface area contributed by atoms with E-state index in [9.17, 15) is 4.79 Å². The van der Waals surface area contributed by atoms with Crippen molar-refractivity contribution < 1.29 is 9.53 Å². The van der Waals surface area contributed by atoms with E-state index in [1.807, 2.05) is 29.6 Å². The number of nitrogens with zero attached hydrogens (tertiary/aromatic N) is 3. The summed E-state index contributed by atoms with van der Waals surface area (Å²) in [5.41, 5.74) is 3.09. The Labute approximate surface area is 180 Å². The number of amides is 1. The van der Waals surface area contributed by atoms with E-state index in [0.717, 1.165) is 36.0 Å². The Balaban J connectivity index is 1.21. The molecular weight excluding hydrogens is 396 g/mol. The van der Waals surface area contributed by atoms with Gasteiger partial charge in [-0.15, -0.1) is 11.3 Å². The number of ether oxygens (including phenoxy) is 1. The molecule has 1 aliphatic heterocycles. The number of benzene rings is 1. The van der Waals surface area contributed by atoms with Crippen LogP contribution in [0, 0.1) is 0 Å². The van der Waals surface area contributed by atoms with Crippen molar-refractivity contribution in [3.8, 4) is 0 Å². The summed E-state index contributed by atoms with van der Waals surface area (Å²) in [4.78, 5) is 23.6. The predicted octanol–water partition coefficient (Wildman–Crippen LogP) is 2.69. The first-order valence-corrected chi connectivity index (χ1v) is 11.1. The zero-order chi connectivity index (χ0) is 20.6. The van der Waals surface area contributed by atoms with Crippen LogP contribution in [0.4, 0.5) is 0 Å². The first-order valence-electron chi connectivity index (χ1n) is 10.2. The molecule has 3 aromatic rings. The van der Waals surface area contributed by atoms with E-state index < -0.39 is 0 Å². The van der Waals surface area contributed by atoms with Gasteiger partial charge in [0.05, 0.1) is 29.8 Å². The second kappa shape index (κ2) is 10.4. The number of hydrogen-bond acceptors (Lipinski definition) is 6. The molecule has 4 rings (SSSR count). The Morgan fingerprint density at radius 2 is 2.03 bits per heavy atom. The van der Waals surface area contributed by atoms with Crippen LogP contribution in [0.5, 0.6) is 0 Å². The third kappa shape index (κ3) is 6.19. The van der Waals surface area contributed by atoms with Gasteiger partial charge >= 0.3 is 0 Å². The molecule has 7 heteroatoms. The summed E-state index contributed by atoms with van der Waals surface area (Å²) in [6, 6.07) is 16.3. The molecule has 1 saturated heterocycles. The minimum absolute atomic E-state index is 0.0153. The summed E-state index contributed by atoms with van der Waals surface area (Å²) in [5.74, 6) is -0.0199. The fourth-order valence-corrected chi connectivity index (χ4v) is 4.32. The minimum Gasteiger partial charge on any atom is -0.374 e. The topological polar surface area (TPSA) is 67.4 Å². The average molecular weight is 423 g/mol. The fraction of sp³-hybridized carbons (Fsp3) is 0.348. The van der Waals surface area contributed by atoms with Crippen LogP contribution >= 0.6 is 11.3 Å². The van der Waals surface area contributed by atoms with Gasteiger partial charge in [-0.2, -0.15) is 0 Å². The van der Waals surface area contributed by atoms with Crippen molar-refractivity contribution in [3.63, 3.8) is 0 Å². The van der Waals surface area contributed by atoms with Crippen molar-refractivity contribution in [1.82, 2.24) is 20.2 Å². The van der Waals surface area contributed by atoms with Crippen LogP contribution in [-0.2, 0) is 28.9 Å². The number of nitrogens with one attached hydrogen (secondary N) is 1. The van der Waals surface area contributed by atoms with E-state index in [0.29, 0.717) is 26.0 Å². The van der Waals surface area contributed by atoms with Gasteiger partial charge in [0, 0.05) is 49.9 Å². The molecule has 1 N–H and O–H groups in total. The summed E-state index contributed by atoms with van der Waals surface area (Å²) in [5, 5.41) is 5.94. The number of carbonyl (C=O) groups is 1. The molecule has 2 aromatic heterocycles. The van der Waals surface area contributed by atoms with Crippen LogP contribution in [0.3, 0.4) is 0 Å². The number of thiazole rings is 1. The smallest absolute Gasteiger partial charge is 0.226 e. The first kappa shape index (κ1) is 20.7. The van der Waals surface area contributed by atoms with E-state index in [2.05, 4.69) is 44.5 Å².